The zero-order chi connectivity index (χ0) is 17.1. The van der Waals surface area contributed by atoms with E-state index in [1.54, 1.807) is 32.8 Å². The van der Waals surface area contributed by atoms with Crippen LogP contribution in [0.3, 0.4) is 0 Å². The Morgan fingerprint density at radius 3 is 2.57 bits per heavy atom. The third-order valence-electron chi connectivity index (χ3n) is 4.17. The molecule has 8 nitrogen and oxygen atoms in total. The van der Waals surface area contributed by atoms with E-state index < -0.39 is 6.04 Å². The summed E-state index contributed by atoms with van der Waals surface area (Å²) in [5.74, 6) is 0.169. The maximum absolute atomic E-state index is 12.7. The molecule has 2 amide bonds. The highest BCUT2D eigenvalue weighted by atomic mass is 16.2. The van der Waals surface area contributed by atoms with E-state index in [1.165, 1.54) is 9.25 Å². The van der Waals surface area contributed by atoms with Crippen molar-refractivity contribution in [3.63, 3.8) is 0 Å². The van der Waals surface area contributed by atoms with Gasteiger partial charge in [0.25, 0.3) is 0 Å². The zero-order valence-electron chi connectivity index (χ0n) is 14.2. The van der Waals surface area contributed by atoms with Gasteiger partial charge in [-0.05, 0) is 19.3 Å². The van der Waals surface area contributed by atoms with E-state index in [2.05, 4.69) is 10.4 Å². The minimum Gasteiger partial charge on any atom is -0.344 e. The van der Waals surface area contributed by atoms with E-state index in [0.717, 1.165) is 12.8 Å². The van der Waals surface area contributed by atoms with E-state index in [0.29, 0.717) is 18.8 Å². The van der Waals surface area contributed by atoms with E-state index in [4.69, 9.17) is 0 Å². The molecule has 1 atom stereocenters. The van der Waals surface area contributed by atoms with Crippen molar-refractivity contribution < 1.29 is 9.59 Å². The van der Waals surface area contributed by atoms with Crippen LogP contribution in [-0.2, 0) is 30.2 Å². The highest BCUT2D eigenvalue weighted by Gasteiger charge is 2.29. The van der Waals surface area contributed by atoms with Crippen LogP contribution in [0.15, 0.2) is 4.79 Å². The Balaban J connectivity index is 2.14. The van der Waals surface area contributed by atoms with Gasteiger partial charge in [0.15, 0.2) is 5.82 Å². The molecule has 1 fully saturated rings. The summed E-state index contributed by atoms with van der Waals surface area (Å²) in [7, 11) is 3.23. The van der Waals surface area contributed by atoms with Crippen molar-refractivity contribution in [1.29, 1.82) is 0 Å². The monoisotopic (exact) mass is 323 g/mol. The number of hydrogen-bond acceptors (Lipinski definition) is 4. The molecule has 2 rings (SSSR count). The Morgan fingerprint density at radius 1 is 1.30 bits per heavy atom. The Bertz CT molecular complexity index is 646. The summed E-state index contributed by atoms with van der Waals surface area (Å²) < 4.78 is 2.70. The van der Waals surface area contributed by atoms with E-state index in [1.807, 2.05) is 0 Å². The molecule has 1 aromatic rings. The van der Waals surface area contributed by atoms with Crippen molar-refractivity contribution in [3.05, 3.63) is 16.3 Å². The third-order valence-corrected chi connectivity index (χ3v) is 4.17. The summed E-state index contributed by atoms with van der Waals surface area (Å²) >= 11 is 0. The normalized spacial score (nSPS) is 19.1. The number of hydrogen-bond donors (Lipinski definition) is 1. The summed E-state index contributed by atoms with van der Waals surface area (Å²) in [6, 6.07) is -0.492. The zero-order valence-corrected chi connectivity index (χ0v) is 14.2. The number of amides is 2. The summed E-state index contributed by atoms with van der Waals surface area (Å²) in [4.78, 5) is 38.0. The maximum atomic E-state index is 12.7. The number of carbonyl (C=O) groups excluding carboxylic acids is 2. The van der Waals surface area contributed by atoms with Gasteiger partial charge in [-0.15, -0.1) is 0 Å². The quantitative estimate of drug-likeness (QED) is 0.829. The molecule has 2 heterocycles. The Hall–Kier alpha value is -2.12. The molecule has 1 saturated heterocycles. The molecule has 0 radical (unpaired) electrons. The fraction of sp³-hybridized carbons (Fsp3) is 0.733. The van der Waals surface area contributed by atoms with E-state index in [-0.39, 0.29) is 30.0 Å². The van der Waals surface area contributed by atoms with Crippen LogP contribution < -0.4 is 11.0 Å². The molecule has 1 aliphatic heterocycles. The van der Waals surface area contributed by atoms with Crippen molar-refractivity contribution in [2.24, 2.45) is 20.0 Å². The molecule has 23 heavy (non-hydrogen) atoms. The molecule has 8 heteroatoms. The van der Waals surface area contributed by atoms with Gasteiger partial charge in [0.1, 0.15) is 6.04 Å². The van der Waals surface area contributed by atoms with E-state index >= 15 is 0 Å². The first-order valence-electron chi connectivity index (χ1n) is 7.99. The number of aryl methyl sites for hydroxylation is 1. The molecule has 0 aliphatic carbocycles. The highest BCUT2D eigenvalue weighted by Crippen LogP contribution is 2.15. The van der Waals surface area contributed by atoms with Crippen LogP contribution in [0.2, 0.25) is 0 Å². The lowest BCUT2D eigenvalue weighted by atomic mass is 10.1. The van der Waals surface area contributed by atoms with Crippen molar-refractivity contribution in [3.8, 4) is 0 Å². The predicted octanol–water partition coefficient (Wildman–Crippen LogP) is -0.228. The third kappa shape index (κ3) is 3.80. The number of rotatable bonds is 4. The lowest BCUT2D eigenvalue weighted by Gasteiger charge is -2.24. The summed E-state index contributed by atoms with van der Waals surface area (Å²) in [6.07, 6.45) is 2.40. The average Bonchev–Trinajstić information content (AvgIpc) is 2.65. The van der Waals surface area contributed by atoms with Crippen LogP contribution in [-0.4, -0.2) is 43.6 Å². The smallest absolute Gasteiger partial charge is 0.344 e. The number of carbonyl (C=O) groups is 2. The summed E-state index contributed by atoms with van der Waals surface area (Å²) in [6.45, 7) is 4.49. The highest BCUT2D eigenvalue weighted by molar-refractivity contribution is 5.88. The Labute approximate surface area is 135 Å². The van der Waals surface area contributed by atoms with Crippen molar-refractivity contribution in [1.82, 2.24) is 24.6 Å². The molecule has 0 bridgehead atoms. The van der Waals surface area contributed by atoms with Crippen LogP contribution in [0.4, 0.5) is 0 Å². The van der Waals surface area contributed by atoms with Gasteiger partial charge < -0.3 is 10.2 Å². The second-order valence-corrected chi connectivity index (χ2v) is 6.35. The van der Waals surface area contributed by atoms with Gasteiger partial charge in [-0.1, -0.05) is 13.8 Å². The molecule has 1 unspecified atom stereocenters. The first-order chi connectivity index (χ1) is 10.8. The molecule has 128 valence electrons. The SMILES string of the molecule is CC(C)C(=O)NC1CCCCN(Cc2nn(C)c(=O)n2C)C1=O. The fourth-order valence-corrected chi connectivity index (χ4v) is 2.65. The number of likely N-dealkylation sites (tertiary alicyclic amines) is 1. The molecule has 1 aliphatic rings. The van der Waals surface area contributed by atoms with Gasteiger partial charge in [-0.25, -0.2) is 9.48 Å². The van der Waals surface area contributed by atoms with Crippen LogP contribution in [0.5, 0.6) is 0 Å². The number of nitrogens with zero attached hydrogens (tertiary/aromatic N) is 4. The van der Waals surface area contributed by atoms with Crippen LogP contribution in [0, 0.1) is 5.92 Å². The second kappa shape index (κ2) is 6.97. The first kappa shape index (κ1) is 17.2. The van der Waals surface area contributed by atoms with Gasteiger partial charge in [0, 0.05) is 26.6 Å². The standard InChI is InChI=1S/C15H25N5O3/c1-10(2)13(21)16-11-7-5-6-8-20(14(11)22)9-12-17-19(4)15(23)18(12)3/h10-11H,5-9H2,1-4H3,(H,16,21). The average molecular weight is 323 g/mol. The van der Waals surface area contributed by atoms with Gasteiger partial charge in [0.2, 0.25) is 11.8 Å². The van der Waals surface area contributed by atoms with Crippen LogP contribution >= 0.6 is 0 Å². The second-order valence-electron chi connectivity index (χ2n) is 6.35. The van der Waals surface area contributed by atoms with Crippen molar-refractivity contribution in [2.45, 2.75) is 45.7 Å². The largest absolute Gasteiger partial charge is 0.345 e. The molecule has 1 N–H and O–H groups in total. The van der Waals surface area contributed by atoms with Gasteiger partial charge in [-0.2, -0.15) is 5.10 Å². The molecule has 0 saturated carbocycles. The predicted molar refractivity (Wildman–Crippen MR) is 84.5 cm³/mol. The Kier molecular flexibility index (Phi) is 5.23. The minimum absolute atomic E-state index is 0.102. The van der Waals surface area contributed by atoms with Crippen LogP contribution in [0.25, 0.3) is 0 Å². The van der Waals surface area contributed by atoms with Gasteiger partial charge in [-0.3, -0.25) is 14.2 Å². The molecular formula is C15H25N5O3. The summed E-state index contributed by atoms with van der Waals surface area (Å²) in [5, 5.41) is 7.00. The molecule has 0 aromatic carbocycles. The van der Waals surface area contributed by atoms with Crippen molar-refractivity contribution >= 4 is 11.8 Å². The maximum Gasteiger partial charge on any atom is 0.345 e. The molecule has 1 aromatic heterocycles. The van der Waals surface area contributed by atoms with Gasteiger partial charge >= 0.3 is 5.69 Å². The molecule has 0 spiro atoms. The van der Waals surface area contributed by atoms with Crippen LogP contribution in [0.1, 0.15) is 38.9 Å². The fourth-order valence-electron chi connectivity index (χ4n) is 2.65. The number of nitrogens with one attached hydrogen (secondary N) is 1. The summed E-state index contributed by atoms with van der Waals surface area (Å²) in [5.41, 5.74) is -0.216. The van der Waals surface area contributed by atoms with Crippen molar-refractivity contribution in [2.75, 3.05) is 6.54 Å². The van der Waals surface area contributed by atoms with Gasteiger partial charge in [0.05, 0.1) is 6.54 Å². The lowest BCUT2D eigenvalue weighted by Crippen LogP contribution is -2.48. The lowest BCUT2D eigenvalue weighted by molar-refractivity contribution is -0.137. The minimum atomic E-state index is -0.492. The van der Waals surface area contributed by atoms with E-state index in [9.17, 15) is 14.4 Å². The first-order valence-corrected chi connectivity index (χ1v) is 7.99. The topological polar surface area (TPSA) is 89.2 Å². The molecular weight excluding hydrogens is 298 g/mol. The Morgan fingerprint density at radius 2 is 2.00 bits per heavy atom. The number of aromatic nitrogens is 3.